The highest BCUT2D eigenvalue weighted by Crippen LogP contribution is 2.34. The summed E-state index contributed by atoms with van der Waals surface area (Å²) >= 11 is 1.02. The third-order valence-corrected chi connectivity index (χ3v) is 7.88. The molecule has 1 atom stereocenters. The first-order valence-corrected chi connectivity index (χ1v) is 14.0. The molecule has 1 saturated heterocycles. The summed E-state index contributed by atoms with van der Waals surface area (Å²) in [6.07, 6.45) is 1.83. The van der Waals surface area contributed by atoms with Gasteiger partial charge in [-0.05, 0) is 44.7 Å². The molecule has 2 aromatic heterocycles. The lowest BCUT2D eigenvalue weighted by atomic mass is 9.94. The van der Waals surface area contributed by atoms with Crippen molar-refractivity contribution in [1.82, 2.24) is 14.9 Å². The number of anilines is 1. The molecule has 208 valence electrons. The van der Waals surface area contributed by atoms with E-state index in [2.05, 4.69) is 9.97 Å². The van der Waals surface area contributed by atoms with Gasteiger partial charge in [-0.3, -0.25) is 9.59 Å². The molecule has 0 unspecified atom stereocenters. The number of likely N-dealkylation sites (tertiary alicyclic amines) is 1. The van der Waals surface area contributed by atoms with E-state index in [9.17, 15) is 22.8 Å². The Morgan fingerprint density at radius 2 is 1.92 bits per heavy atom. The molecule has 38 heavy (non-hydrogen) atoms. The van der Waals surface area contributed by atoms with Gasteiger partial charge in [0.15, 0.2) is 16.6 Å². The molecule has 1 saturated carbocycles. The number of hydrogen-bond acceptors (Lipinski definition) is 8. The topological polar surface area (TPSA) is 88.8 Å². The minimum Gasteiger partial charge on any atom is -0.466 e. The van der Waals surface area contributed by atoms with E-state index in [4.69, 9.17) is 9.15 Å². The van der Waals surface area contributed by atoms with Crippen molar-refractivity contribution < 1.29 is 31.9 Å². The Morgan fingerprint density at radius 3 is 2.63 bits per heavy atom. The fourth-order valence-corrected chi connectivity index (χ4v) is 5.68. The molecule has 2 aromatic rings. The van der Waals surface area contributed by atoms with Crippen molar-refractivity contribution in [2.75, 3.05) is 31.6 Å². The van der Waals surface area contributed by atoms with Gasteiger partial charge >= 0.3 is 12.1 Å². The van der Waals surface area contributed by atoms with Crippen LogP contribution in [0.3, 0.4) is 0 Å². The standard InChI is InChI=1S/C26H33F3N4O4S/c1-3-36-24(35)17-8-7-13-33(15-17)23(34)20-12-11-19(37-20)16-38-25-30-21(26(27,28)29)14-22(31-25)32(2)18-9-5-4-6-10-18/h11-12,14,17-18H,3-10,13,15-16H2,1-2H3/t17-/m0/s1. The number of aromatic nitrogens is 2. The minimum atomic E-state index is -4.60. The molecule has 2 fully saturated rings. The number of carbonyl (C=O) groups excluding carboxylic acids is 2. The third kappa shape index (κ3) is 7.00. The zero-order chi connectivity index (χ0) is 27.3. The van der Waals surface area contributed by atoms with Crippen LogP contribution in [0.5, 0.6) is 0 Å². The predicted molar refractivity (Wildman–Crippen MR) is 136 cm³/mol. The number of rotatable bonds is 8. The molecule has 0 aromatic carbocycles. The lowest BCUT2D eigenvalue weighted by Crippen LogP contribution is -2.42. The maximum Gasteiger partial charge on any atom is 0.433 e. The van der Waals surface area contributed by atoms with E-state index in [1.807, 2.05) is 4.90 Å². The normalized spacial score (nSPS) is 18.9. The van der Waals surface area contributed by atoms with Gasteiger partial charge in [0.25, 0.3) is 5.91 Å². The summed E-state index contributed by atoms with van der Waals surface area (Å²) in [4.78, 5) is 36.6. The van der Waals surface area contributed by atoms with Crippen molar-refractivity contribution in [2.24, 2.45) is 5.92 Å². The van der Waals surface area contributed by atoms with E-state index >= 15 is 0 Å². The SMILES string of the molecule is CCOC(=O)[C@H]1CCCN(C(=O)c2ccc(CSc3nc(N(C)C4CCCCC4)cc(C(F)(F)F)n3)o2)C1. The number of esters is 1. The van der Waals surface area contributed by atoms with Gasteiger partial charge in [0, 0.05) is 32.2 Å². The molecule has 1 aliphatic heterocycles. The average Bonchev–Trinajstić information content (AvgIpc) is 3.40. The summed E-state index contributed by atoms with van der Waals surface area (Å²) in [6, 6.07) is 4.32. The monoisotopic (exact) mass is 554 g/mol. The Hall–Kier alpha value is -2.76. The Labute approximate surface area is 224 Å². The van der Waals surface area contributed by atoms with Gasteiger partial charge in [-0.1, -0.05) is 31.0 Å². The van der Waals surface area contributed by atoms with Crippen LogP contribution >= 0.6 is 11.8 Å². The number of hydrogen-bond donors (Lipinski definition) is 0. The van der Waals surface area contributed by atoms with Crippen molar-refractivity contribution in [3.8, 4) is 0 Å². The Morgan fingerprint density at radius 1 is 1.16 bits per heavy atom. The van der Waals surface area contributed by atoms with Gasteiger partial charge in [0.1, 0.15) is 11.6 Å². The number of piperidine rings is 1. The van der Waals surface area contributed by atoms with Crippen LogP contribution in [0.4, 0.5) is 19.0 Å². The number of halogens is 3. The van der Waals surface area contributed by atoms with E-state index < -0.39 is 11.9 Å². The Balaban J connectivity index is 1.43. The second-order valence-electron chi connectivity index (χ2n) is 9.69. The molecule has 1 amide bonds. The van der Waals surface area contributed by atoms with E-state index in [-0.39, 0.29) is 59.5 Å². The highest BCUT2D eigenvalue weighted by atomic mass is 32.2. The molecular weight excluding hydrogens is 521 g/mol. The molecule has 8 nitrogen and oxygen atoms in total. The number of amides is 1. The van der Waals surface area contributed by atoms with Crippen LogP contribution in [0.25, 0.3) is 0 Å². The van der Waals surface area contributed by atoms with Crippen molar-refractivity contribution in [3.63, 3.8) is 0 Å². The Bertz CT molecular complexity index is 1120. The number of ether oxygens (including phenoxy) is 1. The molecule has 0 bridgehead atoms. The summed E-state index contributed by atoms with van der Waals surface area (Å²) in [7, 11) is 1.78. The summed E-state index contributed by atoms with van der Waals surface area (Å²) in [5, 5.41) is -0.00456. The molecule has 3 heterocycles. The molecular formula is C26H33F3N4O4S. The maximum absolute atomic E-state index is 13.6. The van der Waals surface area contributed by atoms with Crippen molar-refractivity contribution in [1.29, 1.82) is 0 Å². The Kier molecular flexibility index (Phi) is 9.22. The van der Waals surface area contributed by atoms with Gasteiger partial charge < -0.3 is 19.0 Å². The third-order valence-electron chi connectivity index (χ3n) is 7.01. The number of nitrogens with zero attached hydrogens (tertiary/aromatic N) is 4. The average molecular weight is 555 g/mol. The van der Waals surface area contributed by atoms with E-state index in [1.54, 1.807) is 31.0 Å². The van der Waals surface area contributed by atoms with Crippen LogP contribution in [0.2, 0.25) is 0 Å². The minimum absolute atomic E-state index is 0.00456. The van der Waals surface area contributed by atoms with Gasteiger partial charge in [-0.25, -0.2) is 9.97 Å². The molecule has 0 spiro atoms. The molecule has 1 aliphatic carbocycles. The first-order chi connectivity index (χ1) is 18.2. The van der Waals surface area contributed by atoms with Crippen molar-refractivity contribution >= 4 is 29.5 Å². The highest BCUT2D eigenvalue weighted by Gasteiger charge is 2.35. The van der Waals surface area contributed by atoms with Crippen LogP contribution in [0, 0.1) is 5.92 Å². The summed E-state index contributed by atoms with van der Waals surface area (Å²) in [5.41, 5.74) is -0.982. The lowest BCUT2D eigenvalue weighted by molar-refractivity contribution is -0.149. The fourth-order valence-electron chi connectivity index (χ4n) is 4.93. The van der Waals surface area contributed by atoms with E-state index in [0.717, 1.165) is 49.9 Å². The number of furan rings is 1. The summed E-state index contributed by atoms with van der Waals surface area (Å²) in [6.45, 7) is 2.80. The lowest BCUT2D eigenvalue weighted by Gasteiger charge is -2.32. The highest BCUT2D eigenvalue weighted by molar-refractivity contribution is 7.98. The fraction of sp³-hybridized carbons (Fsp3) is 0.615. The largest absolute Gasteiger partial charge is 0.466 e. The number of alkyl halides is 3. The molecule has 12 heteroatoms. The molecule has 2 aliphatic rings. The summed E-state index contributed by atoms with van der Waals surface area (Å²) < 4.78 is 51.6. The van der Waals surface area contributed by atoms with Crippen molar-refractivity contribution in [2.45, 2.75) is 75.0 Å². The first-order valence-electron chi connectivity index (χ1n) is 13.0. The predicted octanol–water partition coefficient (Wildman–Crippen LogP) is 5.56. The van der Waals surface area contributed by atoms with Gasteiger partial charge in [-0.2, -0.15) is 13.2 Å². The second-order valence-corrected chi connectivity index (χ2v) is 10.6. The molecule has 4 rings (SSSR count). The first kappa shape index (κ1) is 28.3. The molecule has 0 radical (unpaired) electrons. The quantitative estimate of drug-likeness (QED) is 0.238. The second kappa shape index (κ2) is 12.4. The van der Waals surface area contributed by atoms with Crippen LogP contribution in [-0.2, 0) is 21.5 Å². The zero-order valence-corrected chi connectivity index (χ0v) is 22.4. The van der Waals surface area contributed by atoms with Gasteiger partial charge in [-0.15, -0.1) is 0 Å². The summed E-state index contributed by atoms with van der Waals surface area (Å²) in [5.74, 6) is -0.0617. The van der Waals surface area contributed by atoms with Crippen LogP contribution < -0.4 is 4.90 Å². The smallest absolute Gasteiger partial charge is 0.433 e. The van der Waals surface area contributed by atoms with E-state index in [0.29, 0.717) is 25.1 Å². The zero-order valence-electron chi connectivity index (χ0n) is 21.6. The molecule has 0 N–H and O–H groups in total. The van der Waals surface area contributed by atoms with Gasteiger partial charge in [0.2, 0.25) is 0 Å². The van der Waals surface area contributed by atoms with Crippen LogP contribution in [-0.4, -0.2) is 59.5 Å². The van der Waals surface area contributed by atoms with Crippen LogP contribution in [0.1, 0.15) is 73.9 Å². The van der Waals surface area contributed by atoms with Crippen molar-refractivity contribution in [3.05, 3.63) is 35.4 Å². The van der Waals surface area contributed by atoms with Gasteiger partial charge in [0.05, 0.1) is 18.3 Å². The maximum atomic E-state index is 13.6. The van der Waals surface area contributed by atoms with E-state index in [1.165, 1.54) is 0 Å². The number of thioether (sulfide) groups is 1. The number of carbonyl (C=O) groups is 2. The van der Waals surface area contributed by atoms with Crippen LogP contribution in [0.15, 0.2) is 27.8 Å².